The lowest BCUT2D eigenvalue weighted by molar-refractivity contribution is -0.00553. The molecule has 7 nitrogen and oxygen atoms in total. The van der Waals surface area contributed by atoms with Crippen LogP contribution in [0.4, 0.5) is 14.5 Å². The fourth-order valence-electron chi connectivity index (χ4n) is 6.43. The van der Waals surface area contributed by atoms with E-state index in [1.807, 2.05) is 55.1 Å². The number of anilines is 1. The molecular weight excluding hydrogens is 578 g/mol. The van der Waals surface area contributed by atoms with Crippen LogP contribution in [0.2, 0.25) is 5.04 Å². The quantitative estimate of drug-likeness (QED) is 0.120. The fourth-order valence-corrected chi connectivity index (χ4v) is 11.0. The lowest BCUT2D eigenvalue weighted by atomic mass is 10.00. The Morgan fingerprint density at radius 3 is 2.05 bits per heavy atom. The molecule has 0 bridgehead atoms. The number of hydrogen-bond acceptors (Lipinski definition) is 6. The van der Waals surface area contributed by atoms with E-state index >= 15 is 8.78 Å². The first kappa shape index (κ1) is 31.6. The summed E-state index contributed by atoms with van der Waals surface area (Å²) in [6, 6.07) is 21.9. The Labute approximate surface area is 258 Å². The largest absolute Gasteiger partial charge is 0.410 e. The predicted molar refractivity (Wildman–Crippen MR) is 172 cm³/mol. The number of imidazole rings is 1. The van der Waals surface area contributed by atoms with Crippen LogP contribution >= 0.6 is 0 Å². The van der Waals surface area contributed by atoms with Crippen LogP contribution < -0.4 is 15.3 Å². The van der Waals surface area contributed by atoms with E-state index in [2.05, 4.69) is 55.2 Å². The topological polar surface area (TPSA) is 72.1 Å². The first-order valence-electron chi connectivity index (χ1n) is 14.8. The van der Waals surface area contributed by atoms with Crippen LogP contribution in [0, 0.1) is 11.6 Å². The third-order valence-corrected chi connectivity index (χ3v) is 13.3. The van der Waals surface area contributed by atoms with Gasteiger partial charge >= 0.3 is 0 Å². The zero-order chi connectivity index (χ0) is 31.6. The molecule has 232 valence electrons. The van der Waals surface area contributed by atoms with Crippen molar-refractivity contribution in [3.05, 3.63) is 108 Å². The van der Waals surface area contributed by atoms with Crippen LogP contribution in [-0.2, 0) is 22.8 Å². The van der Waals surface area contributed by atoms with Gasteiger partial charge in [-0.05, 0) is 35.3 Å². The average molecular weight is 619 g/mol. The van der Waals surface area contributed by atoms with E-state index < -0.39 is 20.0 Å². The van der Waals surface area contributed by atoms with Crippen LogP contribution in [0.25, 0.3) is 0 Å². The van der Waals surface area contributed by atoms with Crippen molar-refractivity contribution in [2.45, 2.75) is 58.5 Å². The van der Waals surface area contributed by atoms with Crippen molar-refractivity contribution in [3.63, 3.8) is 0 Å². The molecule has 1 aliphatic rings. The molecule has 1 saturated heterocycles. The molecule has 0 radical (unpaired) electrons. The number of aryl methyl sites for hydroxylation is 1. The van der Waals surface area contributed by atoms with Gasteiger partial charge < -0.3 is 23.8 Å². The summed E-state index contributed by atoms with van der Waals surface area (Å²) >= 11 is 0. The molecule has 44 heavy (non-hydrogen) atoms. The maximum absolute atomic E-state index is 16.4. The Bertz CT molecular complexity index is 1570. The van der Waals surface area contributed by atoms with Gasteiger partial charge in [0.1, 0.15) is 5.71 Å². The third kappa shape index (κ3) is 5.81. The van der Waals surface area contributed by atoms with Gasteiger partial charge in [-0.2, -0.15) is 0 Å². The van der Waals surface area contributed by atoms with E-state index in [0.717, 1.165) is 10.4 Å². The molecule has 0 spiro atoms. The molecule has 0 amide bonds. The second-order valence-corrected chi connectivity index (χ2v) is 16.8. The van der Waals surface area contributed by atoms with E-state index in [0.29, 0.717) is 24.3 Å². The third-order valence-electron chi connectivity index (χ3n) is 8.27. The second kappa shape index (κ2) is 12.6. The Balaban J connectivity index is 1.71. The number of ether oxygens (including phenoxy) is 1. The molecule has 1 fully saturated rings. The predicted octanol–water partition coefficient (Wildman–Crippen LogP) is 5.62. The van der Waals surface area contributed by atoms with Gasteiger partial charge in [0.05, 0.1) is 42.7 Å². The van der Waals surface area contributed by atoms with E-state index in [9.17, 15) is 5.21 Å². The van der Waals surface area contributed by atoms with Crippen LogP contribution in [0.3, 0.4) is 0 Å². The number of oxime groups is 1. The Morgan fingerprint density at radius 1 is 1.00 bits per heavy atom. The second-order valence-electron chi connectivity index (χ2n) is 12.5. The summed E-state index contributed by atoms with van der Waals surface area (Å²) in [7, 11) is -1.34. The van der Waals surface area contributed by atoms with Crippen LogP contribution in [-0.4, -0.2) is 54.1 Å². The summed E-state index contributed by atoms with van der Waals surface area (Å²) in [5.74, 6) is -2.12. The molecule has 2 atom stereocenters. The number of aromatic nitrogens is 2. The van der Waals surface area contributed by atoms with Gasteiger partial charge in [-0.25, -0.2) is 13.8 Å². The minimum atomic E-state index is -3.03. The normalized spacial score (nSPS) is 18.1. The van der Waals surface area contributed by atoms with Crippen LogP contribution in [0.1, 0.15) is 51.4 Å². The molecule has 3 aromatic carbocycles. The summed E-state index contributed by atoms with van der Waals surface area (Å²) in [4.78, 5) is 5.91. The van der Waals surface area contributed by atoms with Gasteiger partial charge in [-0.1, -0.05) is 86.6 Å². The highest BCUT2D eigenvalue weighted by atomic mass is 28.4. The van der Waals surface area contributed by atoms with Crippen molar-refractivity contribution < 1.29 is 23.2 Å². The number of nitrogens with zero attached hydrogens (tertiary/aromatic N) is 4. The van der Waals surface area contributed by atoms with Crippen molar-refractivity contribution in [2.24, 2.45) is 12.2 Å². The van der Waals surface area contributed by atoms with Gasteiger partial charge in [0.25, 0.3) is 8.32 Å². The highest BCUT2D eigenvalue weighted by molar-refractivity contribution is 6.99. The van der Waals surface area contributed by atoms with E-state index in [1.54, 1.807) is 17.7 Å². The van der Waals surface area contributed by atoms with Crippen LogP contribution in [0.5, 0.6) is 0 Å². The highest BCUT2D eigenvalue weighted by Gasteiger charge is 2.50. The van der Waals surface area contributed by atoms with Crippen molar-refractivity contribution in [1.82, 2.24) is 9.55 Å². The molecular formula is C34H40F2N4O3Si. The Morgan fingerprint density at radius 2 is 1.57 bits per heavy atom. The van der Waals surface area contributed by atoms with E-state index in [4.69, 9.17) is 9.16 Å². The molecule has 0 unspecified atom stereocenters. The number of halogens is 2. The average Bonchev–Trinajstić information content (AvgIpc) is 3.41. The van der Waals surface area contributed by atoms with Crippen molar-refractivity contribution in [3.8, 4) is 0 Å². The summed E-state index contributed by atoms with van der Waals surface area (Å²) in [6.45, 7) is 11.1. The molecule has 1 aromatic heterocycles. The number of hydrogen-bond donors (Lipinski definition) is 1. The monoisotopic (exact) mass is 618 g/mol. The molecule has 1 N–H and O–H groups in total. The van der Waals surface area contributed by atoms with Crippen molar-refractivity contribution in [1.29, 1.82) is 0 Å². The summed E-state index contributed by atoms with van der Waals surface area (Å²) in [6.07, 6.45) is 2.59. The van der Waals surface area contributed by atoms with Gasteiger partial charge in [-0.15, -0.1) is 0 Å². The first-order chi connectivity index (χ1) is 21.0. The van der Waals surface area contributed by atoms with Gasteiger partial charge in [0, 0.05) is 31.3 Å². The maximum Gasteiger partial charge on any atom is 0.261 e. The zero-order valence-corrected chi connectivity index (χ0v) is 27.1. The van der Waals surface area contributed by atoms with Gasteiger partial charge in [0.15, 0.2) is 11.6 Å². The molecule has 2 heterocycles. The van der Waals surface area contributed by atoms with Crippen molar-refractivity contribution in [2.75, 3.05) is 18.0 Å². The summed E-state index contributed by atoms with van der Waals surface area (Å²) in [5, 5.41) is 15.3. The Hall–Kier alpha value is -3.86. The van der Waals surface area contributed by atoms with E-state index in [1.165, 1.54) is 12.5 Å². The number of rotatable bonds is 8. The lowest BCUT2D eigenvalue weighted by Gasteiger charge is -2.43. The highest BCUT2D eigenvalue weighted by Crippen LogP contribution is 2.39. The van der Waals surface area contributed by atoms with Crippen LogP contribution in [0.15, 0.2) is 84.4 Å². The molecule has 0 saturated carbocycles. The molecule has 0 aliphatic carbocycles. The molecule has 4 aromatic rings. The van der Waals surface area contributed by atoms with Gasteiger partial charge in [0.2, 0.25) is 0 Å². The van der Waals surface area contributed by atoms with Gasteiger partial charge in [-0.3, -0.25) is 0 Å². The lowest BCUT2D eigenvalue weighted by Crippen LogP contribution is -2.66. The molecule has 10 heteroatoms. The summed E-state index contributed by atoms with van der Waals surface area (Å²) in [5.41, 5.74) is 0.632. The Kier molecular flexibility index (Phi) is 9.06. The SMILES string of the molecule is C[C@@H]1CN(c2c(CO[Si](c3ccccc3)(c3ccccc3)C(C)(C)C)cc(/C(=N/O)c3cncn3C)c(F)c2F)C[C@H](C)O1. The molecule has 1 aliphatic heterocycles. The van der Waals surface area contributed by atoms with Crippen molar-refractivity contribution >= 4 is 30.1 Å². The van der Waals surface area contributed by atoms with E-state index in [-0.39, 0.29) is 40.8 Å². The zero-order valence-electron chi connectivity index (χ0n) is 26.1. The minimum Gasteiger partial charge on any atom is -0.410 e. The minimum absolute atomic E-state index is 0.00295. The maximum atomic E-state index is 16.4. The fraction of sp³-hybridized carbons (Fsp3) is 0.353. The standard InChI is InChI=1S/C34H40F2N4O3Si/c1-23-19-40(20-24(2)43-23)33-25(17-28(30(35)31(33)36)32(38-41)29-18-37-22-39(29)6)21-42-44(34(3,4)5,26-13-9-7-10-14-26)27-15-11-8-12-16-27/h7-18,22-24,41H,19-21H2,1-6H3/b38-32-/t23-,24+. The molecule has 5 rings (SSSR count). The number of morpholine rings is 1. The summed E-state index contributed by atoms with van der Waals surface area (Å²) < 4.78 is 47.2. The smallest absolute Gasteiger partial charge is 0.261 e. The number of benzene rings is 3. The first-order valence-corrected chi connectivity index (χ1v) is 16.7.